The molecule has 2 aliphatic rings. The molecule has 172 valence electrons. The minimum Gasteiger partial charge on any atom is -0.440 e. The normalized spacial score (nSPS) is 23.7. The summed E-state index contributed by atoms with van der Waals surface area (Å²) in [6.45, 7) is 5.68. The molecule has 1 amide bonds. The van der Waals surface area contributed by atoms with Crippen LogP contribution in [0.15, 0.2) is 40.4 Å². The van der Waals surface area contributed by atoms with E-state index in [1.165, 1.54) is 7.11 Å². The zero-order chi connectivity index (χ0) is 23.2. The molecule has 0 spiro atoms. The van der Waals surface area contributed by atoms with E-state index < -0.39 is 30.2 Å². The van der Waals surface area contributed by atoms with E-state index in [0.717, 1.165) is 5.01 Å². The summed E-state index contributed by atoms with van der Waals surface area (Å²) in [5.74, 6) is -1.04. The van der Waals surface area contributed by atoms with Gasteiger partial charge >= 0.3 is 6.18 Å². The van der Waals surface area contributed by atoms with Crippen LogP contribution in [0.25, 0.3) is 5.57 Å². The van der Waals surface area contributed by atoms with Gasteiger partial charge in [0.15, 0.2) is 0 Å². The average molecular weight is 450 g/mol. The van der Waals surface area contributed by atoms with E-state index >= 15 is 0 Å². The third-order valence-electron chi connectivity index (χ3n) is 5.71. The van der Waals surface area contributed by atoms with Crippen molar-refractivity contribution in [3.8, 4) is 0 Å². The van der Waals surface area contributed by atoms with Crippen LogP contribution in [0.5, 0.6) is 0 Å². The summed E-state index contributed by atoms with van der Waals surface area (Å²) >= 11 is 0. The van der Waals surface area contributed by atoms with E-state index in [1.807, 2.05) is 13.8 Å². The lowest BCUT2D eigenvalue weighted by Crippen LogP contribution is -2.54. The molecule has 3 atom stereocenters. The number of hydrogen-bond acceptors (Lipinski definition) is 6. The van der Waals surface area contributed by atoms with Gasteiger partial charge in [-0.25, -0.2) is 15.4 Å². The van der Waals surface area contributed by atoms with Crippen LogP contribution in [0.2, 0.25) is 0 Å². The predicted octanol–water partition coefficient (Wildman–Crippen LogP) is 3.67. The molecular weight excluding hydrogens is 425 g/mol. The van der Waals surface area contributed by atoms with Crippen molar-refractivity contribution in [1.29, 1.82) is 0 Å². The number of hydrogen-bond donors (Lipinski definition) is 2. The summed E-state index contributed by atoms with van der Waals surface area (Å²) in [5, 5.41) is 4.10. The van der Waals surface area contributed by atoms with Crippen LogP contribution in [0.3, 0.4) is 0 Å². The maximum atomic E-state index is 13.9. The molecule has 4 rings (SSSR count). The number of ether oxygens (including phenoxy) is 1. The number of alkyl halides is 3. The minimum absolute atomic E-state index is 0.0105. The highest BCUT2D eigenvalue weighted by molar-refractivity contribution is 6.19. The summed E-state index contributed by atoms with van der Waals surface area (Å²) in [4.78, 5) is 17.8. The molecule has 3 unspecified atom stereocenters. The maximum Gasteiger partial charge on any atom is 0.406 e. The number of nitrogens with zero attached hydrogens (tertiary/aromatic N) is 2. The number of aromatic nitrogens is 1. The number of nitrogens with one attached hydrogen (secondary N) is 2. The second-order valence-electron chi connectivity index (χ2n) is 8.27. The van der Waals surface area contributed by atoms with Crippen LogP contribution in [0, 0.1) is 0 Å². The summed E-state index contributed by atoms with van der Waals surface area (Å²) in [6, 6.07) is 6.44. The summed E-state index contributed by atoms with van der Waals surface area (Å²) in [7, 11) is 1.52. The first-order valence-corrected chi connectivity index (χ1v) is 10.3. The molecule has 3 heterocycles. The SMILES string of the molecule is COCc1nc(C2=C(C)NC3C(c4ccccc4)C(C(F)(F)F)NN3C2=O)oc1C(C)C. The topological polar surface area (TPSA) is 79.6 Å². The lowest BCUT2D eigenvalue weighted by atomic mass is 9.89. The second kappa shape index (κ2) is 8.25. The lowest BCUT2D eigenvalue weighted by molar-refractivity contribution is -0.161. The van der Waals surface area contributed by atoms with Crippen LogP contribution >= 0.6 is 0 Å². The van der Waals surface area contributed by atoms with E-state index in [-0.39, 0.29) is 24.0 Å². The quantitative estimate of drug-likeness (QED) is 0.724. The Morgan fingerprint density at radius 1 is 1.25 bits per heavy atom. The molecule has 2 aromatic rings. The molecular formula is C22H25F3N4O3. The van der Waals surface area contributed by atoms with Gasteiger partial charge in [-0.1, -0.05) is 44.2 Å². The smallest absolute Gasteiger partial charge is 0.406 e. The molecule has 0 aliphatic carbocycles. The molecule has 1 aromatic heterocycles. The van der Waals surface area contributed by atoms with E-state index in [9.17, 15) is 18.0 Å². The fraction of sp³-hybridized carbons (Fsp3) is 0.455. The summed E-state index contributed by atoms with van der Waals surface area (Å²) < 4.78 is 52.8. The van der Waals surface area contributed by atoms with Crippen molar-refractivity contribution in [3.63, 3.8) is 0 Å². The lowest BCUT2D eigenvalue weighted by Gasteiger charge is -2.34. The highest BCUT2D eigenvalue weighted by atomic mass is 19.4. The molecule has 2 N–H and O–H groups in total. The van der Waals surface area contributed by atoms with E-state index in [4.69, 9.17) is 9.15 Å². The monoisotopic (exact) mass is 450 g/mol. The van der Waals surface area contributed by atoms with Gasteiger partial charge in [-0.3, -0.25) is 4.79 Å². The van der Waals surface area contributed by atoms with E-state index in [0.29, 0.717) is 22.7 Å². The Kier molecular flexibility index (Phi) is 5.76. The number of carbonyl (C=O) groups is 1. The fourth-order valence-corrected chi connectivity index (χ4v) is 4.31. The van der Waals surface area contributed by atoms with Crippen molar-refractivity contribution >= 4 is 11.5 Å². The highest BCUT2D eigenvalue weighted by Gasteiger charge is 2.58. The fourth-order valence-electron chi connectivity index (χ4n) is 4.31. The largest absolute Gasteiger partial charge is 0.440 e. The van der Waals surface area contributed by atoms with Crippen molar-refractivity contribution in [3.05, 3.63) is 58.9 Å². The Morgan fingerprint density at radius 3 is 2.53 bits per heavy atom. The first kappa shape index (κ1) is 22.3. The van der Waals surface area contributed by atoms with Crippen LogP contribution in [-0.4, -0.2) is 41.4 Å². The second-order valence-corrected chi connectivity index (χ2v) is 8.27. The Balaban J connectivity index is 1.75. The minimum atomic E-state index is -4.56. The van der Waals surface area contributed by atoms with Gasteiger partial charge in [0.2, 0.25) is 5.89 Å². The van der Waals surface area contributed by atoms with Gasteiger partial charge in [0.1, 0.15) is 29.2 Å². The number of amides is 1. The number of rotatable bonds is 5. The number of oxazole rings is 1. The van der Waals surface area contributed by atoms with Crippen molar-refractivity contribution in [2.24, 2.45) is 0 Å². The first-order valence-electron chi connectivity index (χ1n) is 10.3. The number of halogens is 3. The van der Waals surface area contributed by atoms with Crippen molar-refractivity contribution < 1.29 is 27.1 Å². The molecule has 32 heavy (non-hydrogen) atoms. The third kappa shape index (κ3) is 3.77. The van der Waals surface area contributed by atoms with Crippen LogP contribution in [-0.2, 0) is 16.1 Å². The van der Waals surface area contributed by atoms with Crippen molar-refractivity contribution in [2.75, 3.05) is 7.11 Å². The zero-order valence-electron chi connectivity index (χ0n) is 18.2. The van der Waals surface area contributed by atoms with E-state index in [1.54, 1.807) is 37.3 Å². The van der Waals surface area contributed by atoms with Gasteiger partial charge in [-0.05, 0) is 12.5 Å². The number of carbonyl (C=O) groups excluding carboxylic acids is 1. The van der Waals surface area contributed by atoms with Gasteiger partial charge in [0, 0.05) is 18.7 Å². The molecule has 2 aliphatic heterocycles. The van der Waals surface area contributed by atoms with Crippen LogP contribution in [0.4, 0.5) is 13.2 Å². The molecule has 0 bridgehead atoms. The molecule has 1 aromatic carbocycles. The standard InChI is InChI=1S/C22H25F3N4O3/c1-11(2)17-14(10-31-4)27-20(32-17)15-12(3)26-19-16(13-8-6-5-7-9-13)18(22(23,24)25)28-29(19)21(15)30/h5-9,11,16,18-19,26,28H,10H2,1-4H3. The third-order valence-corrected chi connectivity index (χ3v) is 5.71. The number of benzene rings is 1. The molecule has 0 radical (unpaired) electrons. The summed E-state index contributed by atoms with van der Waals surface area (Å²) in [6.07, 6.45) is -5.48. The Bertz CT molecular complexity index is 1030. The maximum absolute atomic E-state index is 13.9. The van der Waals surface area contributed by atoms with Crippen LogP contribution < -0.4 is 10.7 Å². The summed E-state index contributed by atoms with van der Waals surface area (Å²) in [5.41, 5.74) is 3.92. The van der Waals surface area contributed by atoms with Crippen LogP contribution in [0.1, 0.15) is 55.5 Å². The number of hydrazine groups is 1. The van der Waals surface area contributed by atoms with Gasteiger partial charge in [0.25, 0.3) is 5.91 Å². The molecule has 0 saturated carbocycles. The molecule has 7 nitrogen and oxygen atoms in total. The Morgan fingerprint density at radius 2 is 1.94 bits per heavy atom. The van der Waals surface area contributed by atoms with Gasteiger partial charge in [0.05, 0.1) is 12.5 Å². The van der Waals surface area contributed by atoms with Crippen molar-refractivity contribution in [1.82, 2.24) is 20.7 Å². The predicted molar refractivity (Wildman–Crippen MR) is 110 cm³/mol. The molecule has 1 saturated heterocycles. The number of methoxy groups -OCH3 is 1. The zero-order valence-corrected chi connectivity index (χ0v) is 18.2. The van der Waals surface area contributed by atoms with Crippen molar-refractivity contribution in [2.45, 2.75) is 57.6 Å². The van der Waals surface area contributed by atoms with Gasteiger partial charge < -0.3 is 14.5 Å². The Hall–Kier alpha value is -2.85. The number of fused-ring (bicyclic) bond motifs is 1. The number of allylic oxidation sites excluding steroid dienone is 1. The van der Waals surface area contributed by atoms with E-state index in [2.05, 4.69) is 15.7 Å². The molecule has 10 heteroatoms. The average Bonchev–Trinajstić information content (AvgIpc) is 3.31. The molecule has 1 fully saturated rings. The van der Waals surface area contributed by atoms with Gasteiger partial charge in [-0.2, -0.15) is 13.2 Å². The first-order chi connectivity index (χ1) is 15.1. The highest BCUT2D eigenvalue weighted by Crippen LogP contribution is 2.42. The Labute approximate surface area is 183 Å². The van der Waals surface area contributed by atoms with Gasteiger partial charge in [-0.15, -0.1) is 0 Å².